The zero-order valence-corrected chi connectivity index (χ0v) is 9.44. The Morgan fingerprint density at radius 2 is 1.74 bits per heavy atom. The van der Waals surface area contributed by atoms with E-state index in [9.17, 15) is 31.1 Å². The Labute approximate surface area is 106 Å². The minimum Gasteiger partial charge on any atom is -0.310 e. The molecule has 0 saturated carbocycles. The van der Waals surface area contributed by atoms with Crippen molar-refractivity contribution in [2.24, 2.45) is 5.92 Å². The van der Waals surface area contributed by atoms with Gasteiger partial charge in [0, 0.05) is 6.20 Å². The zero-order chi connectivity index (χ0) is 14.8. The van der Waals surface area contributed by atoms with Gasteiger partial charge in [0.2, 0.25) is 17.1 Å². The van der Waals surface area contributed by atoms with Crippen LogP contribution in [0.2, 0.25) is 5.28 Å². The maximum atomic E-state index is 12.2. The third-order valence-electron chi connectivity index (χ3n) is 1.79. The first-order valence-corrected chi connectivity index (χ1v) is 4.82. The van der Waals surface area contributed by atoms with E-state index in [0.29, 0.717) is 0 Å². The molecule has 0 atom stereocenters. The van der Waals surface area contributed by atoms with Gasteiger partial charge in [-0.1, -0.05) is 0 Å². The van der Waals surface area contributed by atoms with Crippen LogP contribution in [0, 0.1) is 5.92 Å². The van der Waals surface area contributed by atoms with Gasteiger partial charge in [0.1, 0.15) is 5.82 Å². The van der Waals surface area contributed by atoms with Crippen molar-refractivity contribution < 1.29 is 31.1 Å². The summed E-state index contributed by atoms with van der Waals surface area (Å²) in [6.07, 6.45) is -10.6. The van der Waals surface area contributed by atoms with Crippen molar-refractivity contribution in [2.75, 3.05) is 5.32 Å². The zero-order valence-electron chi connectivity index (χ0n) is 8.68. The summed E-state index contributed by atoms with van der Waals surface area (Å²) in [7, 11) is 0. The average Bonchev–Trinajstić information content (AvgIpc) is 2.11. The van der Waals surface area contributed by atoms with E-state index in [1.807, 2.05) is 0 Å². The normalized spacial score (nSPS) is 12.6. The Hall–Kier alpha value is -1.58. The molecule has 11 heteroatoms. The van der Waals surface area contributed by atoms with E-state index < -0.39 is 35.3 Å². The molecule has 1 rings (SSSR count). The van der Waals surface area contributed by atoms with E-state index in [4.69, 9.17) is 11.6 Å². The number of anilines is 1. The first kappa shape index (κ1) is 15.5. The lowest BCUT2D eigenvalue weighted by molar-refractivity contribution is -0.272. The van der Waals surface area contributed by atoms with Crippen molar-refractivity contribution in [3.8, 4) is 0 Å². The Balaban J connectivity index is 2.97. The topological polar surface area (TPSA) is 54.9 Å². The number of alkyl halides is 6. The van der Waals surface area contributed by atoms with Crippen molar-refractivity contribution in [1.29, 1.82) is 0 Å². The number of carbonyl (C=O) groups excluding carboxylic acids is 1. The molecule has 0 unspecified atom stereocenters. The fraction of sp³-hybridized carbons (Fsp3) is 0.375. The molecule has 0 aliphatic rings. The molecule has 0 aromatic carbocycles. The van der Waals surface area contributed by atoms with Crippen LogP contribution in [0.15, 0.2) is 12.3 Å². The van der Waals surface area contributed by atoms with Gasteiger partial charge in [-0.2, -0.15) is 26.3 Å². The van der Waals surface area contributed by atoms with Crippen molar-refractivity contribution in [3.63, 3.8) is 0 Å². The average molecular weight is 308 g/mol. The number of amides is 1. The van der Waals surface area contributed by atoms with Crippen LogP contribution in [-0.4, -0.2) is 28.2 Å². The number of rotatable bonds is 2. The quantitative estimate of drug-likeness (QED) is 0.675. The first-order chi connectivity index (χ1) is 8.51. The van der Waals surface area contributed by atoms with Crippen molar-refractivity contribution in [1.82, 2.24) is 9.97 Å². The van der Waals surface area contributed by atoms with Gasteiger partial charge in [-0.25, -0.2) is 9.97 Å². The highest BCUT2D eigenvalue weighted by Gasteiger charge is 2.61. The van der Waals surface area contributed by atoms with E-state index in [-0.39, 0.29) is 0 Å². The molecule has 0 bridgehead atoms. The van der Waals surface area contributed by atoms with Gasteiger partial charge in [0.15, 0.2) is 0 Å². The van der Waals surface area contributed by atoms with Crippen LogP contribution in [0.25, 0.3) is 0 Å². The number of aromatic nitrogens is 2. The predicted octanol–water partition coefficient (Wildman–Crippen LogP) is 2.81. The number of carbonyl (C=O) groups is 1. The molecule has 106 valence electrons. The number of hydrogen-bond acceptors (Lipinski definition) is 3. The summed E-state index contributed by atoms with van der Waals surface area (Å²) >= 11 is 5.27. The van der Waals surface area contributed by atoms with Gasteiger partial charge in [-0.15, -0.1) is 0 Å². The largest absolute Gasteiger partial charge is 0.409 e. The second kappa shape index (κ2) is 5.19. The standard InChI is InChI=1S/C8H4ClF6N3O/c9-6-16-2-1-3(18-6)17-5(19)4(7(10,11)12)8(13,14)15/h1-2,4H,(H,16,17,18,19). The van der Waals surface area contributed by atoms with E-state index in [2.05, 4.69) is 9.97 Å². The molecule has 1 N–H and O–H groups in total. The maximum absolute atomic E-state index is 12.2. The molecule has 19 heavy (non-hydrogen) atoms. The second-order valence-corrected chi connectivity index (χ2v) is 3.55. The fourth-order valence-corrected chi connectivity index (χ4v) is 1.23. The van der Waals surface area contributed by atoms with Crippen LogP contribution in [0.5, 0.6) is 0 Å². The minimum absolute atomic E-state index is 0.437. The summed E-state index contributed by atoms with van der Waals surface area (Å²) in [5.74, 6) is -7.01. The second-order valence-electron chi connectivity index (χ2n) is 3.22. The van der Waals surface area contributed by atoms with E-state index in [1.165, 1.54) is 5.32 Å². The maximum Gasteiger partial charge on any atom is 0.409 e. The fourth-order valence-electron chi connectivity index (χ4n) is 1.09. The van der Waals surface area contributed by atoms with Gasteiger partial charge in [0.25, 0.3) is 0 Å². The third-order valence-corrected chi connectivity index (χ3v) is 1.98. The molecule has 0 fully saturated rings. The number of nitrogens with one attached hydrogen (secondary N) is 1. The predicted molar refractivity (Wildman–Crippen MR) is 51.3 cm³/mol. The SMILES string of the molecule is O=C(Nc1ccnc(Cl)n1)C(C(F)(F)F)C(F)(F)F. The Morgan fingerprint density at radius 1 is 1.21 bits per heavy atom. The van der Waals surface area contributed by atoms with Crippen LogP contribution in [0.4, 0.5) is 32.2 Å². The summed E-state index contributed by atoms with van der Waals surface area (Å²) in [5.41, 5.74) is 0. The molecule has 0 aliphatic heterocycles. The molecule has 0 saturated heterocycles. The molecule has 0 spiro atoms. The van der Waals surface area contributed by atoms with Crippen molar-refractivity contribution >= 4 is 23.3 Å². The van der Waals surface area contributed by atoms with E-state index in [0.717, 1.165) is 12.3 Å². The molecular formula is C8H4ClF6N3O. The van der Waals surface area contributed by atoms with Crippen molar-refractivity contribution in [3.05, 3.63) is 17.5 Å². The van der Waals surface area contributed by atoms with Crippen LogP contribution in [0.1, 0.15) is 0 Å². The van der Waals surface area contributed by atoms with Crippen LogP contribution < -0.4 is 5.32 Å². The monoisotopic (exact) mass is 307 g/mol. The first-order valence-electron chi connectivity index (χ1n) is 4.44. The Morgan fingerprint density at radius 3 is 2.16 bits per heavy atom. The summed E-state index contributed by atoms with van der Waals surface area (Å²) < 4.78 is 73.3. The summed E-state index contributed by atoms with van der Waals surface area (Å²) in [6, 6.07) is 0.896. The summed E-state index contributed by atoms with van der Waals surface area (Å²) in [4.78, 5) is 17.7. The molecule has 1 heterocycles. The van der Waals surface area contributed by atoms with E-state index >= 15 is 0 Å². The molecule has 1 aromatic rings. The molecule has 4 nitrogen and oxygen atoms in total. The number of halogens is 7. The Bertz CT molecular complexity index is 460. The van der Waals surface area contributed by atoms with Crippen LogP contribution in [0.3, 0.4) is 0 Å². The molecule has 0 radical (unpaired) electrons. The van der Waals surface area contributed by atoms with Gasteiger partial charge in [-0.05, 0) is 17.7 Å². The lowest BCUT2D eigenvalue weighted by atomic mass is 10.1. The molecule has 0 aliphatic carbocycles. The molecule has 1 amide bonds. The molecule has 1 aromatic heterocycles. The number of hydrogen-bond donors (Lipinski definition) is 1. The molecular weight excluding hydrogens is 304 g/mol. The number of nitrogens with zero attached hydrogens (tertiary/aromatic N) is 2. The lowest BCUT2D eigenvalue weighted by Crippen LogP contribution is -2.45. The lowest BCUT2D eigenvalue weighted by Gasteiger charge is -2.21. The van der Waals surface area contributed by atoms with Gasteiger partial charge in [0.05, 0.1) is 0 Å². The smallest absolute Gasteiger partial charge is 0.310 e. The summed E-state index contributed by atoms with van der Waals surface area (Å²) in [6.45, 7) is 0. The summed E-state index contributed by atoms with van der Waals surface area (Å²) in [5, 5.41) is 0.945. The minimum atomic E-state index is -5.76. The third kappa shape index (κ3) is 4.23. The van der Waals surface area contributed by atoms with Crippen LogP contribution in [-0.2, 0) is 4.79 Å². The highest BCUT2D eigenvalue weighted by Crippen LogP contribution is 2.39. The van der Waals surface area contributed by atoms with Crippen molar-refractivity contribution in [2.45, 2.75) is 12.4 Å². The Kier molecular flexibility index (Phi) is 4.23. The van der Waals surface area contributed by atoms with Gasteiger partial charge in [-0.3, -0.25) is 4.79 Å². The van der Waals surface area contributed by atoms with Gasteiger partial charge >= 0.3 is 12.4 Å². The van der Waals surface area contributed by atoms with Gasteiger partial charge < -0.3 is 5.32 Å². The highest BCUT2D eigenvalue weighted by molar-refractivity contribution is 6.28. The van der Waals surface area contributed by atoms with E-state index in [1.54, 1.807) is 0 Å². The van der Waals surface area contributed by atoms with Crippen LogP contribution >= 0.6 is 11.6 Å². The highest BCUT2D eigenvalue weighted by atomic mass is 35.5.